The molecule has 1 aromatic carbocycles. The molecule has 1 heterocycles. The summed E-state index contributed by atoms with van der Waals surface area (Å²) < 4.78 is 5.19. The van der Waals surface area contributed by atoms with E-state index in [-0.39, 0.29) is 17.6 Å². The number of amides is 1. The standard InChI is InChI=1S/C16H21NO3/c1-11(2)15(18)14-8-5-9-17(16(14)19)12-6-4-7-13(10-12)20-3/h4,6-7,10-11,14H,5,8-9H2,1-3H3. The number of ketones is 1. The molecule has 1 unspecified atom stereocenters. The molecule has 2 rings (SSSR count). The molecule has 0 N–H and O–H groups in total. The van der Waals surface area contributed by atoms with Crippen molar-refractivity contribution in [3.8, 4) is 5.75 Å². The molecule has 1 aliphatic heterocycles. The number of Topliss-reactive ketones (excluding diaryl/α,β-unsaturated/α-hetero) is 1. The van der Waals surface area contributed by atoms with E-state index in [9.17, 15) is 9.59 Å². The minimum atomic E-state index is -0.491. The van der Waals surface area contributed by atoms with Crippen molar-refractivity contribution < 1.29 is 14.3 Å². The highest BCUT2D eigenvalue weighted by molar-refractivity contribution is 6.09. The molecule has 0 aliphatic carbocycles. The van der Waals surface area contributed by atoms with E-state index >= 15 is 0 Å². The van der Waals surface area contributed by atoms with Crippen LogP contribution in [0.3, 0.4) is 0 Å². The van der Waals surface area contributed by atoms with Gasteiger partial charge < -0.3 is 9.64 Å². The lowest BCUT2D eigenvalue weighted by atomic mass is 9.87. The number of ether oxygens (including phenoxy) is 1. The van der Waals surface area contributed by atoms with Gasteiger partial charge in [0.05, 0.1) is 13.0 Å². The van der Waals surface area contributed by atoms with Gasteiger partial charge in [-0.25, -0.2) is 0 Å². The molecular weight excluding hydrogens is 254 g/mol. The normalized spacial score (nSPS) is 19.3. The van der Waals surface area contributed by atoms with Gasteiger partial charge in [-0.3, -0.25) is 9.59 Å². The number of rotatable bonds is 4. The minimum Gasteiger partial charge on any atom is -0.497 e. The van der Waals surface area contributed by atoms with Gasteiger partial charge in [-0.15, -0.1) is 0 Å². The van der Waals surface area contributed by atoms with Crippen molar-refractivity contribution >= 4 is 17.4 Å². The predicted molar refractivity (Wildman–Crippen MR) is 77.9 cm³/mol. The van der Waals surface area contributed by atoms with Crippen LogP contribution in [0.15, 0.2) is 24.3 Å². The maximum atomic E-state index is 12.5. The van der Waals surface area contributed by atoms with Crippen LogP contribution in [0.2, 0.25) is 0 Å². The van der Waals surface area contributed by atoms with Crippen LogP contribution in [-0.2, 0) is 9.59 Å². The second-order valence-electron chi connectivity index (χ2n) is 5.44. The number of carbonyl (C=O) groups excluding carboxylic acids is 2. The zero-order valence-electron chi connectivity index (χ0n) is 12.3. The Morgan fingerprint density at radius 1 is 1.40 bits per heavy atom. The SMILES string of the molecule is COc1cccc(N2CCCC(C(=O)C(C)C)C2=O)c1. The van der Waals surface area contributed by atoms with E-state index in [4.69, 9.17) is 4.74 Å². The summed E-state index contributed by atoms with van der Waals surface area (Å²) in [6, 6.07) is 7.41. The summed E-state index contributed by atoms with van der Waals surface area (Å²) in [4.78, 5) is 26.4. The average molecular weight is 275 g/mol. The number of hydrogen-bond acceptors (Lipinski definition) is 3. The Bertz CT molecular complexity index is 510. The van der Waals surface area contributed by atoms with Crippen LogP contribution < -0.4 is 9.64 Å². The zero-order valence-corrected chi connectivity index (χ0v) is 12.3. The first-order valence-electron chi connectivity index (χ1n) is 7.03. The molecule has 4 nitrogen and oxygen atoms in total. The molecular formula is C16H21NO3. The zero-order chi connectivity index (χ0) is 14.7. The van der Waals surface area contributed by atoms with Crippen molar-refractivity contribution in [2.45, 2.75) is 26.7 Å². The fourth-order valence-electron chi connectivity index (χ4n) is 2.58. The van der Waals surface area contributed by atoms with Crippen LogP contribution in [0.25, 0.3) is 0 Å². The monoisotopic (exact) mass is 275 g/mol. The van der Waals surface area contributed by atoms with E-state index in [0.717, 1.165) is 12.1 Å². The summed E-state index contributed by atoms with van der Waals surface area (Å²) in [5, 5.41) is 0. The first-order valence-corrected chi connectivity index (χ1v) is 7.03. The Hall–Kier alpha value is -1.84. The van der Waals surface area contributed by atoms with E-state index in [0.29, 0.717) is 18.7 Å². The van der Waals surface area contributed by atoms with Gasteiger partial charge in [-0.2, -0.15) is 0 Å². The van der Waals surface area contributed by atoms with Crippen LogP contribution in [0, 0.1) is 11.8 Å². The van der Waals surface area contributed by atoms with Crippen molar-refractivity contribution in [3.63, 3.8) is 0 Å². The molecule has 0 radical (unpaired) electrons. The van der Waals surface area contributed by atoms with Gasteiger partial charge in [0.2, 0.25) is 5.91 Å². The third kappa shape index (κ3) is 2.84. The molecule has 1 amide bonds. The molecule has 1 aliphatic rings. The van der Waals surface area contributed by atoms with Crippen LogP contribution in [0.5, 0.6) is 5.75 Å². The summed E-state index contributed by atoms with van der Waals surface area (Å²) in [6.07, 6.45) is 1.52. The lowest BCUT2D eigenvalue weighted by Gasteiger charge is -2.32. The maximum absolute atomic E-state index is 12.5. The largest absolute Gasteiger partial charge is 0.497 e. The Labute approximate surface area is 119 Å². The summed E-state index contributed by atoms with van der Waals surface area (Å²) in [6.45, 7) is 4.36. The molecule has 0 saturated carbocycles. The summed E-state index contributed by atoms with van der Waals surface area (Å²) in [7, 11) is 1.60. The van der Waals surface area contributed by atoms with E-state index in [1.165, 1.54) is 0 Å². The maximum Gasteiger partial charge on any atom is 0.237 e. The molecule has 108 valence electrons. The number of anilines is 1. The van der Waals surface area contributed by atoms with Crippen LogP contribution in [0.1, 0.15) is 26.7 Å². The number of nitrogens with zero attached hydrogens (tertiary/aromatic N) is 1. The van der Waals surface area contributed by atoms with Gasteiger partial charge in [0.25, 0.3) is 0 Å². The fourth-order valence-corrected chi connectivity index (χ4v) is 2.58. The minimum absolute atomic E-state index is 0.0441. The van der Waals surface area contributed by atoms with Gasteiger partial charge >= 0.3 is 0 Å². The number of hydrogen-bond donors (Lipinski definition) is 0. The molecule has 1 fully saturated rings. The Morgan fingerprint density at radius 2 is 2.15 bits per heavy atom. The lowest BCUT2D eigenvalue weighted by Crippen LogP contribution is -2.45. The Balaban J connectivity index is 2.23. The van der Waals surface area contributed by atoms with Crippen molar-refractivity contribution in [1.29, 1.82) is 0 Å². The highest BCUT2D eigenvalue weighted by atomic mass is 16.5. The van der Waals surface area contributed by atoms with Gasteiger partial charge in [-0.05, 0) is 25.0 Å². The van der Waals surface area contributed by atoms with Crippen LogP contribution in [-0.4, -0.2) is 25.3 Å². The van der Waals surface area contributed by atoms with Crippen LogP contribution in [0.4, 0.5) is 5.69 Å². The Morgan fingerprint density at radius 3 is 2.80 bits per heavy atom. The third-order valence-electron chi connectivity index (χ3n) is 3.72. The third-order valence-corrected chi connectivity index (χ3v) is 3.72. The second-order valence-corrected chi connectivity index (χ2v) is 5.44. The van der Waals surface area contributed by atoms with Crippen molar-refractivity contribution in [1.82, 2.24) is 0 Å². The number of methoxy groups -OCH3 is 1. The van der Waals surface area contributed by atoms with E-state index < -0.39 is 5.92 Å². The van der Waals surface area contributed by atoms with Gasteiger partial charge in [0, 0.05) is 24.2 Å². The molecule has 0 aromatic heterocycles. The first kappa shape index (κ1) is 14.6. The molecule has 1 aromatic rings. The number of carbonyl (C=O) groups is 2. The van der Waals surface area contributed by atoms with Crippen molar-refractivity contribution in [3.05, 3.63) is 24.3 Å². The topological polar surface area (TPSA) is 46.6 Å². The smallest absolute Gasteiger partial charge is 0.237 e. The molecule has 1 atom stereocenters. The van der Waals surface area contributed by atoms with E-state index in [1.54, 1.807) is 12.0 Å². The van der Waals surface area contributed by atoms with E-state index in [2.05, 4.69) is 0 Å². The average Bonchev–Trinajstić information content (AvgIpc) is 2.46. The number of piperidine rings is 1. The molecule has 0 bridgehead atoms. The highest BCUT2D eigenvalue weighted by Crippen LogP contribution is 2.28. The van der Waals surface area contributed by atoms with Gasteiger partial charge in [0.15, 0.2) is 0 Å². The molecule has 4 heteroatoms. The van der Waals surface area contributed by atoms with E-state index in [1.807, 2.05) is 38.1 Å². The van der Waals surface area contributed by atoms with Crippen LogP contribution >= 0.6 is 0 Å². The molecule has 0 spiro atoms. The summed E-state index contributed by atoms with van der Waals surface area (Å²) in [5.41, 5.74) is 0.801. The fraction of sp³-hybridized carbons (Fsp3) is 0.500. The van der Waals surface area contributed by atoms with Crippen molar-refractivity contribution in [2.24, 2.45) is 11.8 Å². The van der Waals surface area contributed by atoms with Gasteiger partial charge in [-0.1, -0.05) is 19.9 Å². The quantitative estimate of drug-likeness (QED) is 0.794. The number of benzene rings is 1. The Kier molecular flexibility index (Phi) is 4.42. The predicted octanol–water partition coefficient (Wildman–Crippen LogP) is 2.66. The molecule has 1 saturated heterocycles. The lowest BCUT2D eigenvalue weighted by molar-refractivity contribution is -0.135. The molecule has 20 heavy (non-hydrogen) atoms. The second kappa shape index (κ2) is 6.07. The van der Waals surface area contributed by atoms with Gasteiger partial charge in [0.1, 0.15) is 11.5 Å². The highest BCUT2D eigenvalue weighted by Gasteiger charge is 2.35. The summed E-state index contributed by atoms with van der Waals surface area (Å²) >= 11 is 0. The summed E-state index contributed by atoms with van der Waals surface area (Å²) in [5.74, 6) is 0.0857. The van der Waals surface area contributed by atoms with Crippen molar-refractivity contribution in [2.75, 3.05) is 18.6 Å². The first-order chi connectivity index (χ1) is 9.54.